The van der Waals surface area contributed by atoms with Gasteiger partial charge in [-0.15, -0.1) is 0 Å². The topological polar surface area (TPSA) is 32.9 Å². The van der Waals surface area contributed by atoms with Crippen LogP contribution < -0.4 is 5.56 Å². The molecule has 0 atom stereocenters. The van der Waals surface area contributed by atoms with Crippen LogP contribution in [0.2, 0.25) is 5.02 Å². The molecule has 0 spiro atoms. The molecule has 1 heterocycles. The van der Waals surface area contributed by atoms with Gasteiger partial charge in [0.15, 0.2) is 0 Å². The quantitative estimate of drug-likeness (QED) is 0.587. The molecular weight excluding hydrogens is 145 g/mol. The third-order valence-corrected chi connectivity index (χ3v) is 1.12. The van der Waals surface area contributed by atoms with Gasteiger partial charge in [0.05, 0.1) is 5.02 Å². The Morgan fingerprint density at radius 1 is 1.67 bits per heavy atom. The smallest absolute Gasteiger partial charge is 0.250 e. The maximum absolute atomic E-state index is 12.2. The van der Waals surface area contributed by atoms with Crippen molar-refractivity contribution in [1.29, 1.82) is 0 Å². The maximum atomic E-state index is 12.2. The van der Waals surface area contributed by atoms with Crippen LogP contribution in [-0.4, -0.2) is 4.98 Å². The van der Waals surface area contributed by atoms with Crippen molar-refractivity contribution in [2.45, 2.75) is 0 Å². The lowest BCUT2D eigenvalue weighted by Gasteiger charge is -1.87. The van der Waals surface area contributed by atoms with E-state index in [0.29, 0.717) is 0 Å². The van der Waals surface area contributed by atoms with E-state index in [0.717, 1.165) is 12.3 Å². The monoisotopic (exact) mass is 147 g/mol. The molecule has 1 N–H and O–H groups in total. The van der Waals surface area contributed by atoms with Crippen LogP contribution >= 0.6 is 11.6 Å². The number of halogens is 2. The molecule has 0 fully saturated rings. The molecule has 0 saturated heterocycles. The Morgan fingerprint density at radius 3 is 2.78 bits per heavy atom. The van der Waals surface area contributed by atoms with Crippen LogP contribution in [-0.2, 0) is 0 Å². The summed E-state index contributed by atoms with van der Waals surface area (Å²) in [5.41, 5.74) is -0.489. The molecule has 1 rings (SSSR count). The van der Waals surface area contributed by atoms with Gasteiger partial charge in [0.2, 0.25) is 0 Å². The highest BCUT2D eigenvalue weighted by Crippen LogP contribution is 2.07. The summed E-state index contributed by atoms with van der Waals surface area (Å²) in [5, 5.41) is -0.0744. The Labute approximate surface area is 55.3 Å². The van der Waals surface area contributed by atoms with Crippen molar-refractivity contribution in [3.05, 3.63) is 33.5 Å². The molecule has 0 radical (unpaired) electrons. The molecule has 0 aliphatic carbocycles. The third-order valence-electron chi connectivity index (χ3n) is 0.827. The average molecular weight is 148 g/mol. The van der Waals surface area contributed by atoms with Crippen molar-refractivity contribution in [2.24, 2.45) is 0 Å². The second-order valence-corrected chi connectivity index (χ2v) is 1.90. The van der Waals surface area contributed by atoms with Crippen molar-refractivity contribution in [3.63, 3.8) is 0 Å². The highest BCUT2D eigenvalue weighted by Gasteiger charge is 1.96. The number of hydrogen-bond acceptors (Lipinski definition) is 1. The van der Waals surface area contributed by atoms with E-state index >= 15 is 0 Å². The Kier molecular flexibility index (Phi) is 1.53. The zero-order valence-electron chi connectivity index (χ0n) is 4.32. The second kappa shape index (κ2) is 2.19. The number of H-pyrrole nitrogens is 1. The number of hydrogen-bond donors (Lipinski definition) is 1. The van der Waals surface area contributed by atoms with Gasteiger partial charge in [0.25, 0.3) is 5.56 Å². The van der Waals surface area contributed by atoms with E-state index < -0.39 is 11.4 Å². The van der Waals surface area contributed by atoms with Gasteiger partial charge < -0.3 is 4.98 Å². The zero-order valence-corrected chi connectivity index (χ0v) is 5.07. The number of nitrogens with one attached hydrogen (secondary N) is 1. The minimum absolute atomic E-state index is 0.0744. The van der Waals surface area contributed by atoms with Gasteiger partial charge >= 0.3 is 0 Å². The average Bonchev–Trinajstić information content (AvgIpc) is 1.80. The lowest BCUT2D eigenvalue weighted by molar-refractivity contribution is 0.624. The first-order valence-electron chi connectivity index (χ1n) is 2.24. The normalized spacial score (nSPS) is 9.56. The van der Waals surface area contributed by atoms with Gasteiger partial charge in [-0.2, -0.15) is 0 Å². The summed E-state index contributed by atoms with van der Waals surface area (Å²) in [5.74, 6) is -0.694. The zero-order chi connectivity index (χ0) is 6.85. The third kappa shape index (κ3) is 1.29. The van der Waals surface area contributed by atoms with Crippen molar-refractivity contribution in [2.75, 3.05) is 0 Å². The van der Waals surface area contributed by atoms with Gasteiger partial charge in [-0.1, -0.05) is 11.6 Å². The number of aromatic nitrogens is 1. The van der Waals surface area contributed by atoms with Crippen LogP contribution in [0.15, 0.2) is 17.1 Å². The Balaban J connectivity index is 3.34. The highest BCUT2D eigenvalue weighted by atomic mass is 35.5. The molecule has 0 amide bonds. The molecule has 0 bridgehead atoms. The first kappa shape index (κ1) is 6.29. The Morgan fingerprint density at radius 2 is 2.33 bits per heavy atom. The number of aromatic amines is 1. The minimum Gasteiger partial charge on any atom is -0.327 e. The van der Waals surface area contributed by atoms with Gasteiger partial charge in [0, 0.05) is 12.3 Å². The molecule has 48 valence electrons. The summed E-state index contributed by atoms with van der Waals surface area (Å²) in [4.78, 5) is 12.5. The van der Waals surface area contributed by atoms with E-state index in [1.54, 1.807) is 0 Å². The van der Waals surface area contributed by atoms with E-state index in [9.17, 15) is 9.18 Å². The summed E-state index contributed by atoms with van der Waals surface area (Å²) < 4.78 is 12.2. The molecule has 0 aliphatic rings. The SMILES string of the molecule is O=c1cc(F)c(Cl)c[nH]1. The van der Waals surface area contributed by atoms with Crippen molar-refractivity contribution < 1.29 is 4.39 Å². The van der Waals surface area contributed by atoms with Crippen molar-refractivity contribution in [3.8, 4) is 0 Å². The Bertz CT molecular complexity index is 270. The van der Waals surface area contributed by atoms with Gasteiger partial charge in [-0.3, -0.25) is 4.79 Å². The predicted octanol–water partition coefficient (Wildman–Crippen LogP) is 1.17. The van der Waals surface area contributed by atoms with Crippen LogP contribution in [0.4, 0.5) is 4.39 Å². The molecular formula is C5H3ClFNO. The summed E-state index contributed by atoms with van der Waals surface area (Å²) in [6, 6.07) is 0.794. The first-order valence-corrected chi connectivity index (χ1v) is 2.61. The molecule has 0 aliphatic heterocycles. The van der Waals surface area contributed by atoms with Gasteiger partial charge in [0.1, 0.15) is 5.82 Å². The van der Waals surface area contributed by atoms with Gasteiger partial charge in [-0.05, 0) is 0 Å². The fraction of sp³-hybridized carbons (Fsp3) is 0. The Hall–Kier alpha value is -0.830. The lowest BCUT2D eigenvalue weighted by Crippen LogP contribution is -2.03. The second-order valence-electron chi connectivity index (χ2n) is 1.49. The first-order chi connectivity index (χ1) is 4.20. The van der Waals surface area contributed by atoms with E-state index in [-0.39, 0.29) is 5.02 Å². The fourth-order valence-electron chi connectivity index (χ4n) is 0.429. The molecule has 0 unspecified atom stereocenters. The molecule has 0 saturated carbocycles. The van der Waals surface area contributed by atoms with Crippen LogP contribution in [0.25, 0.3) is 0 Å². The molecule has 0 aromatic carbocycles. The largest absolute Gasteiger partial charge is 0.327 e. The van der Waals surface area contributed by atoms with E-state index in [2.05, 4.69) is 4.98 Å². The summed E-state index contributed by atoms with van der Waals surface area (Å²) in [7, 11) is 0. The van der Waals surface area contributed by atoms with Gasteiger partial charge in [-0.25, -0.2) is 4.39 Å². The van der Waals surface area contributed by atoms with Crippen LogP contribution in [0.3, 0.4) is 0 Å². The molecule has 9 heavy (non-hydrogen) atoms. The van der Waals surface area contributed by atoms with E-state index in [4.69, 9.17) is 11.6 Å². The maximum Gasteiger partial charge on any atom is 0.250 e. The summed E-state index contributed by atoms with van der Waals surface area (Å²) >= 11 is 5.24. The standard InChI is InChI=1S/C5H3ClFNO/c6-3-2-8-5(9)1-4(3)7/h1-2H,(H,8,9). The molecule has 2 nitrogen and oxygen atoms in total. The highest BCUT2D eigenvalue weighted by molar-refractivity contribution is 6.30. The van der Waals surface area contributed by atoms with Crippen LogP contribution in [0, 0.1) is 5.82 Å². The molecule has 1 aromatic heterocycles. The van der Waals surface area contributed by atoms with Crippen LogP contribution in [0.1, 0.15) is 0 Å². The van der Waals surface area contributed by atoms with E-state index in [1.165, 1.54) is 0 Å². The molecule has 1 aromatic rings. The van der Waals surface area contributed by atoms with Crippen molar-refractivity contribution in [1.82, 2.24) is 4.98 Å². The summed E-state index contributed by atoms with van der Waals surface area (Å²) in [6.45, 7) is 0. The van der Waals surface area contributed by atoms with Crippen molar-refractivity contribution >= 4 is 11.6 Å². The summed E-state index contributed by atoms with van der Waals surface area (Å²) in [6.07, 6.45) is 1.11. The molecule has 4 heteroatoms. The fourth-order valence-corrected chi connectivity index (χ4v) is 0.538. The van der Waals surface area contributed by atoms with Crippen LogP contribution in [0.5, 0.6) is 0 Å². The lowest BCUT2D eigenvalue weighted by atomic mass is 10.5. The predicted molar refractivity (Wildman–Crippen MR) is 32.0 cm³/mol. The number of pyridine rings is 1. The number of rotatable bonds is 0. The van der Waals surface area contributed by atoms with E-state index in [1.807, 2.05) is 0 Å². The minimum atomic E-state index is -0.694.